The number of aromatic nitrogens is 2. The van der Waals surface area contributed by atoms with Crippen LogP contribution in [-0.2, 0) is 17.6 Å². The topological polar surface area (TPSA) is 74.8 Å². The van der Waals surface area contributed by atoms with Crippen molar-refractivity contribution in [3.63, 3.8) is 0 Å². The Kier molecular flexibility index (Phi) is 5.23. The number of rotatable bonds is 6. The van der Waals surface area contributed by atoms with Gasteiger partial charge in [-0.25, -0.2) is 0 Å². The van der Waals surface area contributed by atoms with E-state index in [4.69, 9.17) is 0 Å². The first-order chi connectivity index (χ1) is 12.1. The number of carbonyl (C=O) groups excluding carboxylic acids is 1. The van der Waals surface area contributed by atoms with Crippen molar-refractivity contribution in [2.24, 2.45) is 0 Å². The van der Waals surface area contributed by atoms with Crippen molar-refractivity contribution in [3.05, 3.63) is 75.8 Å². The fourth-order valence-electron chi connectivity index (χ4n) is 2.79. The standard InChI is InChI=1S/C20H21N3O2/c1-14-2-4-18-17(12-14)13-16(20(25)23-18)3-5-19(24)22-11-8-15-6-9-21-10-7-15/h2,4,6-7,9-10,12-13H,3,5,8,11H2,1H3,(H,22,24)(H,23,25). The van der Waals surface area contributed by atoms with Crippen LogP contribution in [0.2, 0.25) is 0 Å². The van der Waals surface area contributed by atoms with E-state index in [-0.39, 0.29) is 11.5 Å². The first kappa shape index (κ1) is 16.9. The van der Waals surface area contributed by atoms with E-state index in [1.807, 2.05) is 43.3 Å². The first-order valence-corrected chi connectivity index (χ1v) is 8.40. The summed E-state index contributed by atoms with van der Waals surface area (Å²) < 4.78 is 0. The van der Waals surface area contributed by atoms with Gasteiger partial charge in [-0.2, -0.15) is 0 Å². The quantitative estimate of drug-likeness (QED) is 0.727. The molecule has 0 saturated carbocycles. The number of aryl methyl sites for hydroxylation is 2. The van der Waals surface area contributed by atoms with Crippen LogP contribution < -0.4 is 10.9 Å². The number of fused-ring (bicyclic) bond motifs is 1. The first-order valence-electron chi connectivity index (χ1n) is 8.40. The second-order valence-corrected chi connectivity index (χ2v) is 6.17. The molecule has 1 aromatic carbocycles. The van der Waals surface area contributed by atoms with E-state index >= 15 is 0 Å². The third kappa shape index (κ3) is 4.53. The van der Waals surface area contributed by atoms with Gasteiger partial charge in [-0.15, -0.1) is 0 Å². The van der Waals surface area contributed by atoms with Gasteiger partial charge in [0.05, 0.1) is 0 Å². The Morgan fingerprint density at radius 3 is 2.72 bits per heavy atom. The average molecular weight is 335 g/mol. The van der Waals surface area contributed by atoms with Gasteiger partial charge in [-0.3, -0.25) is 14.6 Å². The number of nitrogens with zero attached hydrogens (tertiary/aromatic N) is 1. The summed E-state index contributed by atoms with van der Waals surface area (Å²) in [6.45, 7) is 2.59. The molecule has 0 radical (unpaired) electrons. The molecule has 0 aliphatic heterocycles. The lowest BCUT2D eigenvalue weighted by Gasteiger charge is -2.06. The van der Waals surface area contributed by atoms with Crippen molar-refractivity contribution < 1.29 is 4.79 Å². The number of nitrogens with one attached hydrogen (secondary N) is 2. The smallest absolute Gasteiger partial charge is 0.251 e. The molecular weight excluding hydrogens is 314 g/mol. The van der Waals surface area contributed by atoms with Gasteiger partial charge < -0.3 is 10.3 Å². The van der Waals surface area contributed by atoms with Gasteiger partial charge in [0.2, 0.25) is 5.91 Å². The van der Waals surface area contributed by atoms with Crippen molar-refractivity contribution in [2.75, 3.05) is 6.54 Å². The Morgan fingerprint density at radius 1 is 1.12 bits per heavy atom. The number of hydrogen-bond acceptors (Lipinski definition) is 3. The van der Waals surface area contributed by atoms with Crippen molar-refractivity contribution in [3.8, 4) is 0 Å². The highest BCUT2D eigenvalue weighted by atomic mass is 16.1. The normalized spacial score (nSPS) is 10.8. The van der Waals surface area contributed by atoms with Crippen LogP contribution in [0.25, 0.3) is 10.9 Å². The van der Waals surface area contributed by atoms with E-state index in [1.165, 1.54) is 0 Å². The fourth-order valence-corrected chi connectivity index (χ4v) is 2.79. The molecule has 1 amide bonds. The monoisotopic (exact) mass is 335 g/mol. The molecule has 3 aromatic rings. The maximum Gasteiger partial charge on any atom is 0.251 e. The van der Waals surface area contributed by atoms with E-state index in [2.05, 4.69) is 15.3 Å². The second-order valence-electron chi connectivity index (χ2n) is 6.17. The summed E-state index contributed by atoms with van der Waals surface area (Å²) >= 11 is 0. The minimum absolute atomic E-state index is 0.0437. The van der Waals surface area contributed by atoms with E-state index in [0.717, 1.165) is 28.5 Å². The van der Waals surface area contributed by atoms with Crippen LogP contribution in [0.4, 0.5) is 0 Å². The molecule has 0 unspecified atom stereocenters. The van der Waals surface area contributed by atoms with Gasteiger partial charge in [0.25, 0.3) is 5.56 Å². The Balaban J connectivity index is 1.55. The van der Waals surface area contributed by atoms with Crippen molar-refractivity contribution in [2.45, 2.75) is 26.2 Å². The van der Waals surface area contributed by atoms with Gasteiger partial charge in [0, 0.05) is 36.4 Å². The number of pyridine rings is 2. The van der Waals surface area contributed by atoms with E-state index in [0.29, 0.717) is 24.9 Å². The van der Waals surface area contributed by atoms with Crippen molar-refractivity contribution >= 4 is 16.8 Å². The summed E-state index contributed by atoms with van der Waals surface area (Å²) in [5, 5.41) is 3.89. The summed E-state index contributed by atoms with van der Waals surface area (Å²) in [6.07, 6.45) is 4.98. The molecule has 0 bridgehead atoms. The lowest BCUT2D eigenvalue weighted by molar-refractivity contribution is -0.121. The predicted molar refractivity (Wildman–Crippen MR) is 98.6 cm³/mol. The number of amides is 1. The van der Waals surface area contributed by atoms with E-state index in [9.17, 15) is 9.59 Å². The molecule has 0 fully saturated rings. The summed E-state index contributed by atoms with van der Waals surface area (Å²) in [5.41, 5.74) is 3.61. The molecule has 0 atom stereocenters. The van der Waals surface area contributed by atoms with Gasteiger partial charge in [0.1, 0.15) is 0 Å². The van der Waals surface area contributed by atoms with Crippen LogP contribution in [0, 0.1) is 6.92 Å². The van der Waals surface area contributed by atoms with Gasteiger partial charge >= 0.3 is 0 Å². The maximum atomic E-state index is 12.1. The van der Waals surface area contributed by atoms with Gasteiger partial charge in [-0.05, 0) is 61.0 Å². The van der Waals surface area contributed by atoms with Crippen LogP contribution >= 0.6 is 0 Å². The van der Waals surface area contributed by atoms with E-state index in [1.54, 1.807) is 12.4 Å². The lowest BCUT2D eigenvalue weighted by Crippen LogP contribution is -2.26. The number of carbonyl (C=O) groups is 1. The largest absolute Gasteiger partial charge is 0.356 e. The zero-order valence-corrected chi connectivity index (χ0v) is 14.2. The summed E-state index contributed by atoms with van der Waals surface area (Å²) in [5.74, 6) is -0.0437. The zero-order chi connectivity index (χ0) is 17.6. The van der Waals surface area contributed by atoms with Crippen LogP contribution in [0.3, 0.4) is 0 Å². The minimum atomic E-state index is -0.124. The highest BCUT2D eigenvalue weighted by Gasteiger charge is 2.07. The van der Waals surface area contributed by atoms with Gasteiger partial charge in [-0.1, -0.05) is 11.6 Å². The molecule has 0 aliphatic carbocycles. The van der Waals surface area contributed by atoms with Crippen LogP contribution in [-0.4, -0.2) is 22.4 Å². The van der Waals surface area contributed by atoms with Gasteiger partial charge in [0.15, 0.2) is 0 Å². The summed E-state index contributed by atoms with van der Waals surface area (Å²) in [6, 6.07) is 11.6. The Morgan fingerprint density at radius 2 is 1.92 bits per heavy atom. The maximum absolute atomic E-state index is 12.1. The molecule has 2 heterocycles. The second kappa shape index (κ2) is 7.75. The molecular formula is C20H21N3O2. The molecule has 25 heavy (non-hydrogen) atoms. The molecule has 5 nitrogen and oxygen atoms in total. The Hall–Kier alpha value is -2.95. The average Bonchev–Trinajstić information content (AvgIpc) is 2.61. The van der Waals surface area contributed by atoms with Crippen molar-refractivity contribution in [1.29, 1.82) is 0 Å². The number of benzene rings is 1. The summed E-state index contributed by atoms with van der Waals surface area (Å²) in [4.78, 5) is 31.0. The molecule has 2 N–H and O–H groups in total. The predicted octanol–water partition coefficient (Wildman–Crippen LogP) is 2.52. The van der Waals surface area contributed by atoms with Crippen LogP contribution in [0.1, 0.15) is 23.1 Å². The third-order valence-electron chi connectivity index (χ3n) is 4.18. The summed E-state index contributed by atoms with van der Waals surface area (Å²) in [7, 11) is 0. The van der Waals surface area contributed by atoms with Crippen LogP contribution in [0.15, 0.2) is 53.6 Å². The molecule has 0 spiro atoms. The zero-order valence-electron chi connectivity index (χ0n) is 14.2. The van der Waals surface area contributed by atoms with Crippen LogP contribution in [0.5, 0.6) is 0 Å². The number of aromatic amines is 1. The van der Waals surface area contributed by atoms with E-state index < -0.39 is 0 Å². The molecule has 128 valence electrons. The minimum Gasteiger partial charge on any atom is -0.356 e. The fraction of sp³-hybridized carbons (Fsp3) is 0.250. The Labute approximate surface area is 146 Å². The third-order valence-corrected chi connectivity index (χ3v) is 4.18. The highest BCUT2D eigenvalue weighted by Crippen LogP contribution is 2.13. The Bertz CT molecular complexity index is 933. The molecule has 0 saturated heterocycles. The highest BCUT2D eigenvalue weighted by molar-refractivity contribution is 5.80. The molecule has 2 aromatic heterocycles. The molecule has 3 rings (SSSR count). The number of H-pyrrole nitrogens is 1. The SMILES string of the molecule is Cc1ccc2[nH]c(=O)c(CCC(=O)NCCc3ccncc3)cc2c1. The molecule has 5 heteroatoms. The lowest BCUT2D eigenvalue weighted by atomic mass is 10.1. The number of hydrogen-bond donors (Lipinski definition) is 2. The molecule has 0 aliphatic rings. The van der Waals surface area contributed by atoms with Crippen molar-refractivity contribution in [1.82, 2.24) is 15.3 Å².